The lowest BCUT2D eigenvalue weighted by molar-refractivity contribution is -0.154. The first-order chi connectivity index (χ1) is 6.04. The molecule has 0 amide bonds. The summed E-state index contributed by atoms with van der Waals surface area (Å²) < 4.78 is 16.3. The highest BCUT2D eigenvalue weighted by atomic mass is 19.1. The number of carbonyl (C=O) groups excluding carboxylic acids is 3. The number of carbonyl (C=O) groups is 3. The van der Waals surface area contributed by atoms with Gasteiger partial charge in [0.25, 0.3) is 0 Å². The second-order valence-corrected chi connectivity index (χ2v) is 2.40. The van der Waals surface area contributed by atoms with E-state index >= 15 is 0 Å². The van der Waals surface area contributed by atoms with E-state index in [9.17, 15) is 18.8 Å². The summed E-state index contributed by atoms with van der Waals surface area (Å²) in [5, 5.41) is 0. The average Bonchev–Trinajstić information content (AvgIpc) is 2.04. The number of hydrogen-bond donors (Lipinski definition) is 0. The van der Waals surface area contributed by atoms with Crippen LogP contribution in [0, 0.1) is 5.92 Å². The highest BCUT2D eigenvalue weighted by Gasteiger charge is 2.31. The molecule has 4 nitrogen and oxygen atoms in total. The molecule has 0 fully saturated rings. The van der Waals surface area contributed by atoms with Crippen molar-refractivity contribution in [1.29, 1.82) is 0 Å². The fourth-order valence-electron chi connectivity index (χ4n) is 0.827. The van der Waals surface area contributed by atoms with Crippen LogP contribution in [0.15, 0.2) is 0 Å². The Bertz CT molecular complexity index is 224. The standard InChI is InChI=1S/C8H11FO4/c1-3-13-8(12)7(5(2)10)6(11)4-9/h7H,3-4H2,1-2H3. The van der Waals surface area contributed by atoms with Gasteiger partial charge in [-0.2, -0.15) is 0 Å². The molecular weight excluding hydrogens is 179 g/mol. The zero-order chi connectivity index (χ0) is 10.4. The Morgan fingerprint density at radius 3 is 2.23 bits per heavy atom. The third-order valence-electron chi connectivity index (χ3n) is 1.38. The Labute approximate surface area is 75.1 Å². The summed E-state index contributed by atoms with van der Waals surface area (Å²) in [4.78, 5) is 32.5. The van der Waals surface area contributed by atoms with Crippen LogP contribution in [0.3, 0.4) is 0 Å². The van der Waals surface area contributed by atoms with Crippen molar-refractivity contribution in [3.8, 4) is 0 Å². The molecule has 0 aromatic rings. The van der Waals surface area contributed by atoms with Crippen LogP contribution in [-0.2, 0) is 19.1 Å². The van der Waals surface area contributed by atoms with Crippen molar-refractivity contribution in [2.24, 2.45) is 5.92 Å². The minimum absolute atomic E-state index is 0.0577. The van der Waals surface area contributed by atoms with Crippen LogP contribution in [0.5, 0.6) is 0 Å². The van der Waals surface area contributed by atoms with Gasteiger partial charge in [-0.1, -0.05) is 0 Å². The summed E-state index contributed by atoms with van der Waals surface area (Å²) in [5.74, 6) is -4.31. The van der Waals surface area contributed by atoms with Gasteiger partial charge in [-0.15, -0.1) is 0 Å². The van der Waals surface area contributed by atoms with E-state index in [0.29, 0.717) is 0 Å². The summed E-state index contributed by atoms with van der Waals surface area (Å²) in [5.41, 5.74) is 0. The molecule has 0 rings (SSSR count). The van der Waals surface area contributed by atoms with Gasteiger partial charge in [0.1, 0.15) is 6.67 Å². The summed E-state index contributed by atoms with van der Waals surface area (Å²) in [6.45, 7) is 1.31. The number of rotatable bonds is 5. The van der Waals surface area contributed by atoms with Gasteiger partial charge >= 0.3 is 5.97 Å². The third-order valence-corrected chi connectivity index (χ3v) is 1.38. The minimum Gasteiger partial charge on any atom is -0.465 e. The van der Waals surface area contributed by atoms with Gasteiger partial charge in [0.15, 0.2) is 17.5 Å². The first-order valence-corrected chi connectivity index (χ1v) is 3.80. The van der Waals surface area contributed by atoms with Crippen LogP contribution in [0.2, 0.25) is 0 Å². The molecule has 0 aliphatic heterocycles. The maximum Gasteiger partial charge on any atom is 0.324 e. The molecule has 0 aromatic carbocycles. The molecule has 1 unspecified atom stereocenters. The maximum absolute atomic E-state index is 11.9. The van der Waals surface area contributed by atoms with Crippen molar-refractivity contribution < 1.29 is 23.5 Å². The van der Waals surface area contributed by atoms with Gasteiger partial charge in [-0.05, 0) is 13.8 Å². The number of alkyl halides is 1. The second-order valence-electron chi connectivity index (χ2n) is 2.40. The molecule has 0 saturated heterocycles. The highest BCUT2D eigenvalue weighted by Crippen LogP contribution is 2.04. The van der Waals surface area contributed by atoms with Crippen LogP contribution in [0.4, 0.5) is 4.39 Å². The van der Waals surface area contributed by atoms with Gasteiger partial charge in [0, 0.05) is 0 Å². The SMILES string of the molecule is CCOC(=O)C(C(C)=O)C(=O)CF. The molecule has 0 saturated carbocycles. The van der Waals surface area contributed by atoms with Crippen molar-refractivity contribution in [3.63, 3.8) is 0 Å². The fraction of sp³-hybridized carbons (Fsp3) is 0.625. The second kappa shape index (κ2) is 5.40. The lowest BCUT2D eigenvalue weighted by atomic mass is 10.0. The Hall–Kier alpha value is -1.26. The number of Topliss-reactive ketones (excluding diaryl/α,β-unsaturated/α-hetero) is 2. The third kappa shape index (κ3) is 3.31. The van der Waals surface area contributed by atoms with E-state index in [4.69, 9.17) is 0 Å². The summed E-state index contributed by atoms with van der Waals surface area (Å²) in [6.07, 6.45) is 0. The quantitative estimate of drug-likeness (QED) is 0.462. The number of halogens is 1. The molecule has 13 heavy (non-hydrogen) atoms. The predicted molar refractivity (Wildman–Crippen MR) is 41.8 cm³/mol. The van der Waals surface area contributed by atoms with Crippen LogP contribution in [0.1, 0.15) is 13.8 Å². The first-order valence-electron chi connectivity index (χ1n) is 3.80. The van der Waals surface area contributed by atoms with E-state index in [1.165, 1.54) is 6.92 Å². The average molecular weight is 190 g/mol. The monoisotopic (exact) mass is 190 g/mol. The molecule has 0 aliphatic carbocycles. The van der Waals surface area contributed by atoms with E-state index in [1.54, 1.807) is 0 Å². The van der Waals surface area contributed by atoms with E-state index in [-0.39, 0.29) is 6.61 Å². The summed E-state index contributed by atoms with van der Waals surface area (Å²) >= 11 is 0. The lowest BCUT2D eigenvalue weighted by Gasteiger charge is -2.08. The van der Waals surface area contributed by atoms with Gasteiger partial charge < -0.3 is 4.74 Å². The van der Waals surface area contributed by atoms with Crippen LogP contribution in [0.25, 0.3) is 0 Å². The molecule has 0 aliphatic rings. The molecule has 0 N–H and O–H groups in total. The van der Waals surface area contributed by atoms with Crippen LogP contribution in [-0.4, -0.2) is 30.8 Å². The van der Waals surface area contributed by atoms with Crippen molar-refractivity contribution in [2.75, 3.05) is 13.3 Å². The Balaban J connectivity index is 4.51. The van der Waals surface area contributed by atoms with Gasteiger partial charge in [0.2, 0.25) is 0 Å². The van der Waals surface area contributed by atoms with Gasteiger partial charge in [0.05, 0.1) is 6.61 Å². The van der Waals surface area contributed by atoms with E-state index < -0.39 is 30.1 Å². The minimum atomic E-state index is -1.59. The van der Waals surface area contributed by atoms with E-state index in [2.05, 4.69) is 4.74 Å². The molecular formula is C8H11FO4. The molecule has 0 heterocycles. The smallest absolute Gasteiger partial charge is 0.324 e. The fourth-order valence-corrected chi connectivity index (χ4v) is 0.827. The van der Waals surface area contributed by atoms with Crippen LogP contribution < -0.4 is 0 Å². The maximum atomic E-state index is 11.9. The zero-order valence-electron chi connectivity index (χ0n) is 7.50. The number of esters is 1. The van der Waals surface area contributed by atoms with Crippen molar-refractivity contribution >= 4 is 17.5 Å². The van der Waals surface area contributed by atoms with E-state index in [1.807, 2.05) is 0 Å². The van der Waals surface area contributed by atoms with Crippen molar-refractivity contribution in [1.82, 2.24) is 0 Å². The molecule has 5 heteroatoms. The van der Waals surface area contributed by atoms with Gasteiger partial charge in [-0.25, -0.2) is 4.39 Å². The predicted octanol–water partition coefficient (Wildman–Crippen LogP) is 0.293. The Morgan fingerprint density at radius 2 is 1.92 bits per heavy atom. The van der Waals surface area contributed by atoms with Crippen molar-refractivity contribution in [3.05, 3.63) is 0 Å². The largest absolute Gasteiger partial charge is 0.465 e. The summed E-state index contributed by atoms with van der Waals surface area (Å²) in [7, 11) is 0. The normalized spacial score (nSPS) is 11.9. The zero-order valence-corrected chi connectivity index (χ0v) is 7.50. The summed E-state index contributed by atoms with van der Waals surface area (Å²) in [6, 6.07) is 0. The van der Waals surface area contributed by atoms with Crippen molar-refractivity contribution in [2.45, 2.75) is 13.8 Å². The number of ketones is 2. The Kier molecular flexibility index (Phi) is 4.87. The highest BCUT2D eigenvalue weighted by molar-refractivity contribution is 6.16. The Morgan fingerprint density at radius 1 is 1.38 bits per heavy atom. The molecule has 0 spiro atoms. The van der Waals surface area contributed by atoms with Crippen LogP contribution >= 0.6 is 0 Å². The molecule has 0 aromatic heterocycles. The number of hydrogen-bond acceptors (Lipinski definition) is 4. The molecule has 74 valence electrons. The molecule has 1 atom stereocenters. The van der Waals surface area contributed by atoms with E-state index in [0.717, 1.165) is 6.92 Å². The first kappa shape index (κ1) is 11.7. The van der Waals surface area contributed by atoms with Gasteiger partial charge in [-0.3, -0.25) is 14.4 Å². The lowest BCUT2D eigenvalue weighted by Crippen LogP contribution is -2.33. The topological polar surface area (TPSA) is 60.4 Å². The number of ether oxygens (including phenoxy) is 1. The molecule has 0 bridgehead atoms. The molecule has 0 radical (unpaired) electrons.